The van der Waals surface area contributed by atoms with Crippen LogP contribution in [0.5, 0.6) is 0 Å². The molecule has 0 saturated heterocycles. The van der Waals surface area contributed by atoms with Gasteiger partial charge in [-0.05, 0) is 54.4 Å². The molecular formula is C13H17BrFNO. The van der Waals surface area contributed by atoms with Crippen molar-refractivity contribution in [3.63, 3.8) is 0 Å². The van der Waals surface area contributed by atoms with Gasteiger partial charge in [-0.15, -0.1) is 0 Å². The molecule has 0 spiro atoms. The van der Waals surface area contributed by atoms with Crippen LogP contribution in [0.2, 0.25) is 0 Å². The van der Waals surface area contributed by atoms with Crippen LogP contribution < -0.4 is 0 Å². The van der Waals surface area contributed by atoms with Crippen LogP contribution in [0.25, 0.3) is 0 Å². The number of hydrogen-bond donors (Lipinski definition) is 0. The Morgan fingerprint density at radius 2 is 2.06 bits per heavy atom. The maximum Gasteiger partial charge on any atom is 0.254 e. The minimum absolute atomic E-state index is 0.0995. The fraction of sp³-hybridized carbons (Fsp3) is 0.462. The van der Waals surface area contributed by atoms with Crippen LogP contribution in [-0.4, -0.2) is 23.4 Å². The molecule has 1 rings (SSSR count). The van der Waals surface area contributed by atoms with E-state index in [0.717, 1.165) is 6.42 Å². The minimum Gasteiger partial charge on any atom is -0.337 e. The molecule has 0 atom stereocenters. The molecule has 0 fully saturated rings. The first-order valence-electron chi connectivity index (χ1n) is 5.53. The molecule has 1 amide bonds. The second-order valence-corrected chi connectivity index (χ2v) is 5.51. The molecule has 17 heavy (non-hydrogen) atoms. The van der Waals surface area contributed by atoms with E-state index in [1.54, 1.807) is 11.9 Å². The number of amides is 1. The second kappa shape index (κ2) is 5.17. The number of rotatable bonds is 3. The van der Waals surface area contributed by atoms with Crippen LogP contribution in [0, 0.1) is 5.82 Å². The quantitative estimate of drug-likeness (QED) is 0.830. The van der Waals surface area contributed by atoms with Crippen LogP contribution in [0.1, 0.15) is 37.6 Å². The molecule has 0 aliphatic rings. The van der Waals surface area contributed by atoms with E-state index in [0.29, 0.717) is 10.0 Å². The van der Waals surface area contributed by atoms with E-state index in [9.17, 15) is 9.18 Å². The van der Waals surface area contributed by atoms with Gasteiger partial charge in [-0.25, -0.2) is 4.39 Å². The molecule has 0 aliphatic carbocycles. The summed E-state index contributed by atoms with van der Waals surface area (Å²) >= 11 is 3.09. The van der Waals surface area contributed by atoms with Crippen LogP contribution in [0.15, 0.2) is 22.7 Å². The molecule has 4 heteroatoms. The van der Waals surface area contributed by atoms with Crippen molar-refractivity contribution in [1.29, 1.82) is 0 Å². The van der Waals surface area contributed by atoms with Crippen molar-refractivity contribution in [2.24, 2.45) is 0 Å². The third-order valence-corrected chi connectivity index (χ3v) is 3.85. The van der Waals surface area contributed by atoms with Gasteiger partial charge in [-0.2, -0.15) is 0 Å². The summed E-state index contributed by atoms with van der Waals surface area (Å²) in [5.41, 5.74) is 0.278. The Labute approximate surface area is 110 Å². The highest BCUT2D eigenvalue weighted by atomic mass is 79.9. The van der Waals surface area contributed by atoms with Crippen molar-refractivity contribution >= 4 is 21.8 Å². The highest BCUT2D eigenvalue weighted by Crippen LogP contribution is 2.22. The lowest BCUT2D eigenvalue weighted by atomic mass is 9.99. The zero-order valence-electron chi connectivity index (χ0n) is 10.6. The van der Waals surface area contributed by atoms with Crippen molar-refractivity contribution in [3.05, 3.63) is 34.1 Å². The zero-order chi connectivity index (χ0) is 13.2. The molecule has 0 heterocycles. The fourth-order valence-corrected chi connectivity index (χ4v) is 1.71. The average Bonchev–Trinajstić information content (AvgIpc) is 2.30. The molecule has 0 saturated carbocycles. The van der Waals surface area contributed by atoms with E-state index in [4.69, 9.17) is 0 Å². The number of halogens is 2. The van der Waals surface area contributed by atoms with E-state index in [-0.39, 0.29) is 17.3 Å². The lowest BCUT2D eigenvalue weighted by molar-refractivity contribution is 0.0620. The van der Waals surface area contributed by atoms with Gasteiger partial charge in [-0.1, -0.05) is 6.92 Å². The van der Waals surface area contributed by atoms with Gasteiger partial charge in [0.25, 0.3) is 5.91 Å². The summed E-state index contributed by atoms with van der Waals surface area (Å²) in [5.74, 6) is -0.462. The van der Waals surface area contributed by atoms with Crippen LogP contribution in [-0.2, 0) is 0 Å². The molecule has 0 aliphatic heterocycles. The average molecular weight is 302 g/mol. The maximum atomic E-state index is 13.1. The van der Waals surface area contributed by atoms with Gasteiger partial charge in [0.1, 0.15) is 5.82 Å². The molecule has 0 radical (unpaired) electrons. The molecule has 94 valence electrons. The minimum atomic E-state index is -0.362. The summed E-state index contributed by atoms with van der Waals surface area (Å²) in [6, 6.07) is 4.31. The fourth-order valence-electron chi connectivity index (χ4n) is 1.33. The van der Waals surface area contributed by atoms with Gasteiger partial charge in [-0.3, -0.25) is 4.79 Å². The molecular weight excluding hydrogens is 285 g/mol. The summed E-state index contributed by atoms with van der Waals surface area (Å²) in [5, 5.41) is 0. The van der Waals surface area contributed by atoms with Gasteiger partial charge in [0.2, 0.25) is 0 Å². The summed E-state index contributed by atoms with van der Waals surface area (Å²) < 4.78 is 13.4. The predicted octanol–water partition coefficient (Wildman–Crippen LogP) is 3.85. The Morgan fingerprint density at radius 1 is 1.47 bits per heavy atom. The zero-order valence-corrected chi connectivity index (χ0v) is 12.1. The lowest BCUT2D eigenvalue weighted by Gasteiger charge is -2.35. The van der Waals surface area contributed by atoms with Crippen LogP contribution in [0.3, 0.4) is 0 Å². The van der Waals surface area contributed by atoms with Crippen molar-refractivity contribution < 1.29 is 9.18 Å². The lowest BCUT2D eigenvalue weighted by Crippen LogP contribution is -2.44. The summed E-state index contributed by atoms with van der Waals surface area (Å²) in [6.07, 6.45) is 0.859. The van der Waals surface area contributed by atoms with Crippen molar-refractivity contribution in [1.82, 2.24) is 4.90 Å². The van der Waals surface area contributed by atoms with Crippen LogP contribution >= 0.6 is 15.9 Å². The van der Waals surface area contributed by atoms with Crippen LogP contribution in [0.4, 0.5) is 4.39 Å². The summed E-state index contributed by atoms with van der Waals surface area (Å²) in [7, 11) is 1.77. The molecule has 0 N–H and O–H groups in total. The normalized spacial score (nSPS) is 11.4. The number of nitrogens with zero attached hydrogens (tertiary/aromatic N) is 1. The Morgan fingerprint density at radius 3 is 2.53 bits per heavy atom. The third kappa shape index (κ3) is 3.06. The first-order chi connectivity index (χ1) is 7.79. The molecule has 0 aromatic heterocycles. The van der Waals surface area contributed by atoms with Gasteiger partial charge in [0.05, 0.1) is 4.47 Å². The number of carbonyl (C=O) groups is 1. The van der Waals surface area contributed by atoms with E-state index >= 15 is 0 Å². The van der Waals surface area contributed by atoms with Crippen molar-refractivity contribution in [2.45, 2.75) is 32.7 Å². The highest BCUT2D eigenvalue weighted by molar-refractivity contribution is 9.10. The third-order valence-electron chi connectivity index (χ3n) is 3.24. The summed E-state index contributed by atoms with van der Waals surface area (Å²) in [4.78, 5) is 13.9. The number of hydrogen-bond acceptors (Lipinski definition) is 1. The van der Waals surface area contributed by atoms with Gasteiger partial charge in [0, 0.05) is 18.2 Å². The van der Waals surface area contributed by atoms with Gasteiger partial charge < -0.3 is 4.90 Å². The summed E-state index contributed by atoms with van der Waals surface area (Å²) in [6.45, 7) is 6.04. The highest BCUT2D eigenvalue weighted by Gasteiger charge is 2.26. The Balaban J connectivity index is 3.01. The molecule has 1 aromatic rings. The first kappa shape index (κ1) is 14.2. The smallest absolute Gasteiger partial charge is 0.254 e. The number of carbonyl (C=O) groups excluding carboxylic acids is 1. The van der Waals surface area contributed by atoms with Crippen molar-refractivity contribution in [3.8, 4) is 0 Å². The van der Waals surface area contributed by atoms with E-state index in [1.807, 2.05) is 20.8 Å². The predicted molar refractivity (Wildman–Crippen MR) is 70.6 cm³/mol. The molecule has 2 nitrogen and oxygen atoms in total. The Hall–Kier alpha value is -0.900. The standard InChI is InChI=1S/C13H17BrFNO/c1-5-13(2,3)16(4)12(17)9-6-7-11(15)10(14)8-9/h6-8H,5H2,1-4H3. The van der Waals surface area contributed by atoms with Gasteiger partial charge >= 0.3 is 0 Å². The Kier molecular flexibility index (Phi) is 4.31. The second-order valence-electron chi connectivity index (χ2n) is 4.66. The SMILES string of the molecule is CCC(C)(C)N(C)C(=O)c1ccc(F)c(Br)c1. The van der Waals surface area contributed by atoms with E-state index in [2.05, 4.69) is 15.9 Å². The Bertz CT molecular complexity index is 431. The topological polar surface area (TPSA) is 20.3 Å². The molecule has 0 unspecified atom stereocenters. The monoisotopic (exact) mass is 301 g/mol. The van der Waals surface area contributed by atoms with Crippen molar-refractivity contribution in [2.75, 3.05) is 7.05 Å². The first-order valence-corrected chi connectivity index (χ1v) is 6.32. The van der Waals surface area contributed by atoms with E-state index < -0.39 is 0 Å². The molecule has 0 bridgehead atoms. The van der Waals surface area contributed by atoms with Gasteiger partial charge in [0.15, 0.2) is 0 Å². The van der Waals surface area contributed by atoms with E-state index in [1.165, 1.54) is 18.2 Å². The molecule has 1 aromatic carbocycles. The number of benzene rings is 1. The largest absolute Gasteiger partial charge is 0.337 e. The maximum absolute atomic E-state index is 13.1.